The van der Waals surface area contributed by atoms with E-state index in [2.05, 4.69) is 4.90 Å². The van der Waals surface area contributed by atoms with Crippen molar-refractivity contribution >= 4 is 34.2 Å². The van der Waals surface area contributed by atoms with Gasteiger partial charge in [0.2, 0.25) is 5.43 Å². The van der Waals surface area contributed by atoms with Gasteiger partial charge in [0.15, 0.2) is 0 Å². The Morgan fingerprint density at radius 1 is 1.15 bits per heavy atom. The van der Waals surface area contributed by atoms with Crippen molar-refractivity contribution in [3.05, 3.63) is 73.8 Å². The topological polar surface area (TPSA) is 101 Å². The lowest BCUT2D eigenvalue weighted by atomic mass is 9.94. The molecule has 39 heavy (non-hydrogen) atoms. The van der Waals surface area contributed by atoms with Gasteiger partial charge in [-0.1, -0.05) is 18.5 Å². The van der Waals surface area contributed by atoms with Crippen molar-refractivity contribution in [2.45, 2.75) is 45.8 Å². The number of morpholine rings is 1. The van der Waals surface area contributed by atoms with Crippen LogP contribution < -0.4 is 10.3 Å². The molecule has 0 aliphatic carbocycles. The molecule has 1 aliphatic rings. The van der Waals surface area contributed by atoms with Gasteiger partial charge >= 0.3 is 5.97 Å². The Labute approximate surface area is 231 Å². The number of fused-ring (bicyclic) bond motifs is 1. The van der Waals surface area contributed by atoms with E-state index in [0.29, 0.717) is 56.0 Å². The van der Waals surface area contributed by atoms with Crippen molar-refractivity contribution in [1.29, 1.82) is 0 Å². The van der Waals surface area contributed by atoms with E-state index in [0.717, 1.165) is 11.3 Å². The molecule has 3 aromatic rings. The number of pyridine rings is 1. The molecule has 10 heteroatoms. The molecule has 1 fully saturated rings. The molecule has 210 valence electrons. The second kappa shape index (κ2) is 12.5. The highest BCUT2D eigenvalue weighted by atomic mass is 35.5. The highest BCUT2D eigenvalue weighted by Gasteiger charge is 2.25. The van der Waals surface area contributed by atoms with Crippen LogP contribution in [-0.4, -0.2) is 66.4 Å². The highest BCUT2D eigenvalue weighted by Crippen LogP contribution is 2.31. The molecule has 0 unspecified atom stereocenters. The molecule has 0 spiro atoms. The SMILES string of the molecule is CCO[C@H](C)[C@@H](CO)n1cc(C(=O)O)c(=O)c2cc(Cc3cc(N4CCOCC4)cc(Cl)c3F)c(CC)cc21. The number of carboxylic acids is 1. The van der Waals surface area contributed by atoms with Crippen LogP contribution in [0.5, 0.6) is 0 Å². The number of nitrogens with zero attached hydrogens (tertiary/aromatic N) is 2. The number of aliphatic hydroxyl groups is 1. The maximum atomic E-state index is 15.3. The molecule has 2 heterocycles. The summed E-state index contributed by atoms with van der Waals surface area (Å²) >= 11 is 6.29. The molecular formula is C29H34ClFN2O6. The number of carbonyl (C=O) groups is 1. The Morgan fingerprint density at radius 2 is 1.87 bits per heavy atom. The number of carboxylic acid groups (broad SMARTS) is 1. The summed E-state index contributed by atoms with van der Waals surface area (Å²) in [6.07, 6.45) is 1.58. The third-order valence-corrected chi connectivity index (χ3v) is 7.60. The Morgan fingerprint density at radius 3 is 2.49 bits per heavy atom. The van der Waals surface area contributed by atoms with Crippen LogP contribution in [0.1, 0.15) is 53.9 Å². The number of benzene rings is 2. The average molecular weight is 561 g/mol. The Balaban J connectivity index is 1.88. The first-order chi connectivity index (χ1) is 18.7. The molecule has 2 aromatic carbocycles. The number of rotatable bonds is 10. The Hall–Kier alpha value is -2.98. The zero-order valence-electron chi connectivity index (χ0n) is 22.4. The lowest BCUT2D eigenvalue weighted by Crippen LogP contribution is -2.36. The molecule has 0 saturated carbocycles. The van der Waals surface area contributed by atoms with Gasteiger partial charge in [-0.15, -0.1) is 0 Å². The molecule has 1 aliphatic heterocycles. The van der Waals surface area contributed by atoms with Gasteiger partial charge in [-0.25, -0.2) is 9.18 Å². The highest BCUT2D eigenvalue weighted by molar-refractivity contribution is 6.31. The minimum absolute atomic E-state index is 0.0130. The van der Waals surface area contributed by atoms with Gasteiger partial charge in [-0.3, -0.25) is 4.79 Å². The van der Waals surface area contributed by atoms with Crippen molar-refractivity contribution in [1.82, 2.24) is 4.57 Å². The molecule has 2 N–H and O–H groups in total. The standard InChI is InChI=1S/C29H34ClFN2O6/c1-4-18-13-25-22(28(35)23(29(36)37)15-33(25)26(16-34)17(3)39-5-2)12-19(18)10-20-11-21(14-24(30)27(20)31)32-6-8-38-9-7-32/h11-15,17,26,34H,4-10,16H2,1-3H3,(H,36,37)/t17-,26-/m1/s1. The summed E-state index contributed by atoms with van der Waals surface area (Å²) < 4.78 is 28.0. The summed E-state index contributed by atoms with van der Waals surface area (Å²) in [6, 6.07) is 6.23. The van der Waals surface area contributed by atoms with E-state index in [9.17, 15) is 19.8 Å². The molecule has 0 bridgehead atoms. The number of halogens is 2. The van der Waals surface area contributed by atoms with E-state index >= 15 is 4.39 Å². The van der Waals surface area contributed by atoms with Crippen LogP contribution >= 0.6 is 11.6 Å². The molecular weight excluding hydrogens is 527 g/mol. The number of hydrogen-bond acceptors (Lipinski definition) is 6. The number of aromatic nitrogens is 1. The van der Waals surface area contributed by atoms with Crippen LogP contribution in [0.2, 0.25) is 5.02 Å². The largest absolute Gasteiger partial charge is 0.477 e. The maximum absolute atomic E-state index is 15.3. The number of aromatic carboxylic acids is 1. The van der Waals surface area contributed by atoms with Crippen LogP contribution in [0.15, 0.2) is 35.3 Å². The quantitative estimate of drug-likeness (QED) is 0.378. The van der Waals surface area contributed by atoms with Gasteiger partial charge in [-0.05, 0) is 61.2 Å². The lowest BCUT2D eigenvalue weighted by molar-refractivity contribution is 0.0183. The van der Waals surface area contributed by atoms with E-state index < -0.39 is 34.9 Å². The lowest BCUT2D eigenvalue weighted by Gasteiger charge is -2.29. The summed E-state index contributed by atoms with van der Waals surface area (Å²) in [5.41, 5.74) is 2.17. The number of ether oxygens (including phenoxy) is 2. The number of anilines is 1. The first kappa shape index (κ1) is 29.0. The number of hydrogen-bond donors (Lipinski definition) is 2. The zero-order chi connectivity index (χ0) is 28.3. The van der Waals surface area contributed by atoms with Gasteiger partial charge < -0.3 is 29.2 Å². The van der Waals surface area contributed by atoms with E-state index in [4.69, 9.17) is 21.1 Å². The first-order valence-electron chi connectivity index (χ1n) is 13.2. The predicted molar refractivity (Wildman–Crippen MR) is 149 cm³/mol. The fraction of sp³-hybridized carbons (Fsp3) is 0.448. The van der Waals surface area contributed by atoms with Crippen LogP contribution in [0.3, 0.4) is 0 Å². The van der Waals surface area contributed by atoms with Gasteiger partial charge in [0.1, 0.15) is 11.4 Å². The monoisotopic (exact) mass is 560 g/mol. The number of aryl methyl sites for hydroxylation is 1. The fourth-order valence-electron chi connectivity index (χ4n) is 5.21. The van der Waals surface area contributed by atoms with Gasteiger partial charge in [-0.2, -0.15) is 0 Å². The summed E-state index contributed by atoms with van der Waals surface area (Å²) in [7, 11) is 0. The van der Waals surface area contributed by atoms with Crippen LogP contribution in [0.25, 0.3) is 10.9 Å². The smallest absolute Gasteiger partial charge is 0.341 e. The molecule has 1 aromatic heterocycles. The summed E-state index contributed by atoms with van der Waals surface area (Å²) in [5, 5.41) is 20.2. The predicted octanol–water partition coefficient (Wildman–Crippen LogP) is 4.44. The summed E-state index contributed by atoms with van der Waals surface area (Å²) in [6.45, 7) is 8.15. The van der Waals surface area contributed by atoms with Gasteiger partial charge in [0.25, 0.3) is 0 Å². The zero-order valence-corrected chi connectivity index (χ0v) is 23.1. The molecule has 4 rings (SSSR count). The van der Waals surface area contributed by atoms with Crippen molar-refractivity contribution < 1.29 is 28.9 Å². The number of aliphatic hydroxyl groups excluding tert-OH is 1. The molecule has 8 nitrogen and oxygen atoms in total. The molecule has 0 radical (unpaired) electrons. The van der Waals surface area contributed by atoms with Crippen molar-refractivity contribution in [2.75, 3.05) is 44.4 Å². The van der Waals surface area contributed by atoms with Crippen LogP contribution in [-0.2, 0) is 22.3 Å². The molecule has 2 atom stereocenters. The van der Waals surface area contributed by atoms with Crippen molar-refractivity contribution in [3.63, 3.8) is 0 Å². The van der Waals surface area contributed by atoms with E-state index in [1.807, 2.05) is 19.9 Å². The second-order valence-corrected chi connectivity index (χ2v) is 10.1. The van der Waals surface area contributed by atoms with Crippen molar-refractivity contribution in [3.8, 4) is 0 Å². The summed E-state index contributed by atoms with van der Waals surface area (Å²) in [4.78, 5) is 27.4. The van der Waals surface area contributed by atoms with E-state index in [1.165, 1.54) is 6.20 Å². The van der Waals surface area contributed by atoms with Crippen molar-refractivity contribution in [2.24, 2.45) is 0 Å². The minimum Gasteiger partial charge on any atom is -0.477 e. The molecule has 0 amide bonds. The second-order valence-electron chi connectivity index (χ2n) is 9.66. The molecule has 1 saturated heterocycles. The van der Waals surface area contributed by atoms with Crippen LogP contribution in [0.4, 0.5) is 10.1 Å². The average Bonchev–Trinajstić information content (AvgIpc) is 2.93. The third kappa shape index (κ3) is 5.96. The van der Waals surface area contributed by atoms with Gasteiger partial charge in [0.05, 0.1) is 42.5 Å². The summed E-state index contributed by atoms with van der Waals surface area (Å²) in [5.74, 6) is -1.90. The van der Waals surface area contributed by atoms with Gasteiger partial charge in [0, 0.05) is 43.4 Å². The Kier molecular flexibility index (Phi) is 9.27. The normalized spacial score (nSPS) is 15.5. The van der Waals surface area contributed by atoms with E-state index in [-0.39, 0.29) is 23.4 Å². The Bertz CT molecular complexity index is 1420. The van der Waals surface area contributed by atoms with Crippen LogP contribution in [0, 0.1) is 5.82 Å². The first-order valence-corrected chi connectivity index (χ1v) is 13.5. The fourth-order valence-corrected chi connectivity index (χ4v) is 5.44. The minimum atomic E-state index is -1.37. The maximum Gasteiger partial charge on any atom is 0.341 e. The van der Waals surface area contributed by atoms with E-state index in [1.54, 1.807) is 29.7 Å². The third-order valence-electron chi connectivity index (χ3n) is 7.33.